The van der Waals surface area contributed by atoms with Crippen LogP contribution >= 0.6 is 24.0 Å². The minimum absolute atomic E-state index is 0.191. The maximum Gasteiger partial charge on any atom is 0.409 e. The summed E-state index contributed by atoms with van der Waals surface area (Å²) in [4.78, 5) is 49.1. The van der Waals surface area contributed by atoms with Crippen molar-refractivity contribution >= 4 is 57.8 Å². The van der Waals surface area contributed by atoms with E-state index < -0.39 is 0 Å². The van der Waals surface area contributed by atoms with Gasteiger partial charge in [-0.25, -0.2) is 9.78 Å². The average Bonchev–Trinajstić information content (AvgIpc) is 3.09. The maximum absolute atomic E-state index is 13.6. The van der Waals surface area contributed by atoms with Crippen LogP contribution < -0.4 is 10.5 Å². The Morgan fingerprint density at radius 3 is 2.65 bits per heavy atom. The number of carbonyl (C=O) groups excluding carboxylic acids is 2. The number of anilines is 1. The number of fused-ring (bicyclic) bond motifs is 1. The van der Waals surface area contributed by atoms with Crippen LogP contribution in [0.2, 0.25) is 0 Å². The fourth-order valence-electron chi connectivity index (χ4n) is 4.03. The fourth-order valence-corrected chi connectivity index (χ4v) is 5.32. The number of carbonyl (C=O) groups is 2. The van der Waals surface area contributed by atoms with E-state index in [1.165, 1.54) is 16.2 Å². The molecule has 4 rings (SSSR count). The van der Waals surface area contributed by atoms with E-state index in [9.17, 15) is 14.4 Å². The number of pyridine rings is 1. The maximum atomic E-state index is 13.6. The Balaban J connectivity index is 1.76. The van der Waals surface area contributed by atoms with Gasteiger partial charge in [-0.3, -0.25) is 18.9 Å². The van der Waals surface area contributed by atoms with E-state index in [1.54, 1.807) is 35.1 Å². The van der Waals surface area contributed by atoms with E-state index in [2.05, 4.69) is 0 Å². The van der Waals surface area contributed by atoms with Crippen LogP contribution in [0.3, 0.4) is 0 Å². The van der Waals surface area contributed by atoms with Crippen LogP contribution in [0.15, 0.2) is 28.0 Å². The molecule has 0 bridgehead atoms. The average molecular weight is 502 g/mol. The summed E-state index contributed by atoms with van der Waals surface area (Å²) in [6, 6.07) is 3.70. The largest absolute Gasteiger partial charge is 0.450 e. The van der Waals surface area contributed by atoms with Crippen LogP contribution in [0.4, 0.5) is 10.6 Å². The Hall–Kier alpha value is -2.92. The second kappa shape index (κ2) is 10.1. The number of hydrogen-bond donors (Lipinski definition) is 0. The molecular weight excluding hydrogens is 474 g/mol. The molecule has 180 valence electrons. The van der Waals surface area contributed by atoms with Gasteiger partial charge in [-0.05, 0) is 38.0 Å². The highest BCUT2D eigenvalue weighted by molar-refractivity contribution is 8.26. The number of rotatable bonds is 5. The SMILES string of the molecule is CCCN1C(=O)/C(=C\c2c(N3CCN(C(=O)OCC)CC3)nc3c(C)cccn3c2=O)SC1=S. The molecule has 2 saturated heterocycles. The van der Waals surface area contributed by atoms with Crippen LogP contribution in [-0.2, 0) is 9.53 Å². The van der Waals surface area contributed by atoms with Gasteiger partial charge in [0.2, 0.25) is 0 Å². The molecule has 34 heavy (non-hydrogen) atoms. The monoisotopic (exact) mass is 501 g/mol. The minimum atomic E-state index is -0.343. The predicted octanol–water partition coefficient (Wildman–Crippen LogP) is 2.89. The van der Waals surface area contributed by atoms with Crippen LogP contribution in [0, 0.1) is 6.92 Å². The van der Waals surface area contributed by atoms with Crippen LogP contribution in [-0.4, -0.2) is 74.8 Å². The molecule has 4 heterocycles. The first kappa shape index (κ1) is 24.2. The van der Waals surface area contributed by atoms with E-state index in [1.807, 2.05) is 24.8 Å². The Morgan fingerprint density at radius 2 is 1.97 bits per heavy atom. The first-order valence-electron chi connectivity index (χ1n) is 11.3. The lowest BCUT2D eigenvalue weighted by Crippen LogP contribution is -2.49. The first-order valence-corrected chi connectivity index (χ1v) is 12.5. The lowest BCUT2D eigenvalue weighted by Gasteiger charge is -2.35. The molecule has 9 nitrogen and oxygen atoms in total. The van der Waals surface area contributed by atoms with Gasteiger partial charge in [0.1, 0.15) is 15.8 Å². The van der Waals surface area contributed by atoms with Crippen molar-refractivity contribution in [1.29, 1.82) is 0 Å². The van der Waals surface area contributed by atoms with Crippen LogP contribution in [0.1, 0.15) is 31.4 Å². The molecule has 2 amide bonds. The number of nitrogens with zero attached hydrogens (tertiary/aromatic N) is 5. The molecule has 0 saturated carbocycles. The van der Waals surface area contributed by atoms with E-state index in [4.69, 9.17) is 21.9 Å². The Kier molecular flexibility index (Phi) is 7.22. The highest BCUT2D eigenvalue weighted by Gasteiger charge is 2.33. The molecule has 0 atom stereocenters. The van der Waals surface area contributed by atoms with E-state index >= 15 is 0 Å². The van der Waals surface area contributed by atoms with Crippen molar-refractivity contribution in [1.82, 2.24) is 19.2 Å². The summed E-state index contributed by atoms with van der Waals surface area (Å²) in [6.07, 6.45) is 3.74. The zero-order valence-electron chi connectivity index (χ0n) is 19.4. The molecule has 2 aliphatic heterocycles. The smallest absolute Gasteiger partial charge is 0.409 e. The molecule has 0 unspecified atom stereocenters. The van der Waals surface area contributed by atoms with Gasteiger partial charge in [-0.15, -0.1) is 0 Å². The molecule has 11 heteroatoms. The number of aryl methyl sites for hydroxylation is 1. The van der Waals surface area contributed by atoms with Crippen molar-refractivity contribution in [3.05, 3.63) is 44.7 Å². The summed E-state index contributed by atoms with van der Waals surface area (Å²) in [6.45, 7) is 8.41. The zero-order chi connectivity index (χ0) is 24.4. The molecule has 2 aromatic rings. The van der Waals surface area contributed by atoms with E-state index in [-0.39, 0.29) is 17.6 Å². The van der Waals surface area contributed by atoms with Crippen molar-refractivity contribution in [3.63, 3.8) is 0 Å². The second-order valence-corrected chi connectivity index (χ2v) is 9.72. The predicted molar refractivity (Wildman–Crippen MR) is 137 cm³/mol. The van der Waals surface area contributed by atoms with Gasteiger partial charge in [0.05, 0.1) is 17.1 Å². The lowest BCUT2D eigenvalue weighted by molar-refractivity contribution is -0.122. The number of hydrogen-bond acceptors (Lipinski definition) is 8. The van der Waals surface area contributed by atoms with Crippen LogP contribution in [0.25, 0.3) is 11.7 Å². The van der Waals surface area contributed by atoms with E-state index in [0.717, 1.165) is 12.0 Å². The lowest BCUT2D eigenvalue weighted by atomic mass is 10.2. The highest BCUT2D eigenvalue weighted by atomic mass is 32.2. The molecule has 2 aliphatic rings. The third kappa shape index (κ3) is 4.54. The fraction of sp³-hybridized carbons (Fsp3) is 0.435. The molecule has 2 aromatic heterocycles. The number of amides is 2. The molecule has 0 aromatic carbocycles. The molecule has 0 spiro atoms. The number of aromatic nitrogens is 2. The summed E-state index contributed by atoms with van der Waals surface area (Å²) < 4.78 is 7.11. The number of piperazine rings is 1. The van der Waals surface area contributed by atoms with Gasteiger partial charge >= 0.3 is 6.09 Å². The standard InChI is InChI=1S/C23H27N5O4S2/c1-4-8-28-21(30)17(34-23(28)33)14-16-19(24-18-15(3)7-6-9-27(18)20(16)29)25-10-12-26(13-11-25)22(31)32-5-2/h6-7,9,14H,4-5,8,10-13H2,1-3H3/b17-14+. The number of thioether (sulfide) groups is 1. The normalized spacial score (nSPS) is 17.9. The summed E-state index contributed by atoms with van der Waals surface area (Å²) in [5.74, 6) is 0.312. The topological polar surface area (TPSA) is 87.5 Å². The number of ether oxygens (including phenoxy) is 1. The molecule has 0 radical (unpaired) electrons. The summed E-state index contributed by atoms with van der Waals surface area (Å²) in [5.41, 5.74) is 1.51. The van der Waals surface area contributed by atoms with Crippen molar-refractivity contribution < 1.29 is 14.3 Å². The molecular formula is C23H27N5O4S2. The van der Waals surface area contributed by atoms with Gasteiger partial charge < -0.3 is 14.5 Å². The van der Waals surface area contributed by atoms with Crippen molar-refractivity contribution in [2.24, 2.45) is 0 Å². The van der Waals surface area contributed by atoms with Crippen LogP contribution in [0.5, 0.6) is 0 Å². The first-order chi connectivity index (χ1) is 16.3. The summed E-state index contributed by atoms with van der Waals surface area (Å²) >= 11 is 6.59. The molecule has 0 aliphatic carbocycles. The third-order valence-corrected chi connectivity index (χ3v) is 7.14. The molecule has 0 N–H and O–H groups in total. The van der Waals surface area contributed by atoms with Gasteiger partial charge in [0.25, 0.3) is 11.5 Å². The summed E-state index contributed by atoms with van der Waals surface area (Å²) in [5, 5.41) is 0. The van der Waals surface area contributed by atoms with Gasteiger partial charge in [-0.2, -0.15) is 0 Å². The number of thiocarbonyl (C=S) groups is 1. The van der Waals surface area contributed by atoms with E-state index in [0.29, 0.717) is 65.6 Å². The van der Waals surface area contributed by atoms with Crippen molar-refractivity contribution in [2.75, 3.05) is 44.2 Å². The Bertz CT molecular complexity index is 1230. The van der Waals surface area contributed by atoms with Crippen molar-refractivity contribution in [2.45, 2.75) is 27.2 Å². The third-order valence-electron chi connectivity index (χ3n) is 5.77. The molecule has 2 fully saturated rings. The highest BCUT2D eigenvalue weighted by Crippen LogP contribution is 2.33. The van der Waals surface area contributed by atoms with Gasteiger partial charge in [0.15, 0.2) is 0 Å². The Morgan fingerprint density at radius 1 is 1.24 bits per heavy atom. The minimum Gasteiger partial charge on any atom is -0.450 e. The summed E-state index contributed by atoms with van der Waals surface area (Å²) in [7, 11) is 0. The second-order valence-electron chi connectivity index (χ2n) is 8.05. The Labute approximate surface area is 207 Å². The van der Waals surface area contributed by atoms with Gasteiger partial charge in [-0.1, -0.05) is 37.0 Å². The zero-order valence-corrected chi connectivity index (χ0v) is 21.1. The van der Waals surface area contributed by atoms with Gasteiger partial charge in [0, 0.05) is 38.9 Å². The quantitative estimate of drug-likeness (QED) is 0.457. The van der Waals surface area contributed by atoms with Crippen molar-refractivity contribution in [3.8, 4) is 0 Å².